The van der Waals surface area contributed by atoms with Crippen molar-refractivity contribution in [3.63, 3.8) is 0 Å². The van der Waals surface area contributed by atoms with Crippen LogP contribution in [0.25, 0.3) is 0 Å². The molecule has 8 atom stereocenters. The molecule has 3 fully saturated rings. The van der Waals surface area contributed by atoms with Gasteiger partial charge in [-0.2, -0.15) is 0 Å². The number of hydrogen-bond donors (Lipinski definition) is 3. The Hall–Kier alpha value is -2.99. The molecule has 4 aliphatic rings. The number of likely N-dealkylation sites (tertiary alicyclic amines) is 1. The number of thioether (sulfide) groups is 1. The zero-order valence-corrected chi connectivity index (χ0v) is 22.8. The van der Waals surface area contributed by atoms with Crippen LogP contribution in [0.1, 0.15) is 36.6 Å². The highest BCUT2D eigenvalue weighted by atomic mass is 32.2. The maximum Gasteiger partial charge on any atom is 0.327 e. The van der Waals surface area contributed by atoms with E-state index >= 15 is 0 Å². The Morgan fingerprint density at radius 1 is 1.08 bits per heavy atom. The molecule has 0 spiro atoms. The van der Waals surface area contributed by atoms with Crippen LogP contribution in [0.3, 0.4) is 0 Å². The molecule has 1 aromatic heterocycles. The first-order valence-corrected chi connectivity index (χ1v) is 14.2. The van der Waals surface area contributed by atoms with Gasteiger partial charge in [0, 0.05) is 16.0 Å². The summed E-state index contributed by atoms with van der Waals surface area (Å²) in [6.45, 7) is 3.40. The number of rotatable bonds is 6. The number of amides is 2. The highest BCUT2D eigenvalue weighted by Crippen LogP contribution is 2.69. The van der Waals surface area contributed by atoms with Crippen LogP contribution < -0.4 is 14.3 Å². The van der Waals surface area contributed by atoms with Crippen molar-refractivity contribution in [3.8, 4) is 17.2 Å². The van der Waals surface area contributed by atoms with E-state index in [2.05, 4.69) is 4.98 Å². The molecule has 2 bridgehead atoms. The maximum atomic E-state index is 13.8. The summed E-state index contributed by atoms with van der Waals surface area (Å²) in [5.41, 5.74) is 0.784. The van der Waals surface area contributed by atoms with E-state index in [9.17, 15) is 29.4 Å². The van der Waals surface area contributed by atoms with Gasteiger partial charge in [0.15, 0.2) is 11.5 Å². The second-order valence-corrected chi connectivity index (χ2v) is 13.0. The number of carbonyl (C=O) groups excluding carboxylic acids is 2. The van der Waals surface area contributed by atoms with Gasteiger partial charge in [0.25, 0.3) is 0 Å². The van der Waals surface area contributed by atoms with Crippen molar-refractivity contribution in [3.05, 3.63) is 32.2 Å². The van der Waals surface area contributed by atoms with Gasteiger partial charge in [-0.15, -0.1) is 11.8 Å². The summed E-state index contributed by atoms with van der Waals surface area (Å²) < 4.78 is 10.8. The van der Waals surface area contributed by atoms with Crippen molar-refractivity contribution in [1.29, 1.82) is 0 Å². The molecule has 3 N–H and O–H groups in total. The van der Waals surface area contributed by atoms with Crippen molar-refractivity contribution in [2.45, 2.75) is 42.5 Å². The number of benzene rings is 1. The predicted molar refractivity (Wildman–Crippen MR) is 138 cm³/mol. The van der Waals surface area contributed by atoms with Crippen molar-refractivity contribution in [2.24, 2.45) is 35.5 Å². The molecule has 1 aromatic carbocycles. The number of H-pyrrole nitrogens is 1. The van der Waals surface area contributed by atoms with E-state index in [1.54, 1.807) is 37.7 Å². The normalized spacial score (nSPS) is 31.8. The summed E-state index contributed by atoms with van der Waals surface area (Å²) in [4.78, 5) is 56.6. The van der Waals surface area contributed by atoms with Gasteiger partial charge in [-0.25, -0.2) is 4.79 Å². The van der Waals surface area contributed by atoms with Crippen LogP contribution in [0.2, 0.25) is 0 Å². The first kappa shape index (κ1) is 25.3. The van der Waals surface area contributed by atoms with Gasteiger partial charge in [-0.3, -0.25) is 19.3 Å². The fourth-order valence-corrected chi connectivity index (χ4v) is 10.4. The Labute approximate surface area is 226 Å². The van der Waals surface area contributed by atoms with Crippen LogP contribution >= 0.6 is 23.1 Å². The molecule has 12 heteroatoms. The summed E-state index contributed by atoms with van der Waals surface area (Å²) in [7, 11) is 2.90. The average Bonchev–Trinajstić information content (AvgIpc) is 3.59. The zero-order valence-electron chi connectivity index (χ0n) is 21.2. The number of nitrogens with one attached hydrogen (secondary N) is 1. The third-order valence-electron chi connectivity index (χ3n) is 8.78. The van der Waals surface area contributed by atoms with Crippen LogP contribution in [0, 0.1) is 35.5 Å². The number of carboxylic acid groups (broad SMARTS) is 1. The third-order valence-corrected chi connectivity index (χ3v) is 11.4. The van der Waals surface area contributed by atoms with Gasteiger partial charge in [0.1, 0.15) is 6.04 Å². The lowest BCUT2D eigenvalue weighted by molar-refractivity contribution is -0.157. The molecule has 0 radical (unpaired) electrons. The van der Waals surface area contributed by atoms with E-state index in [1.807, 2.05) is 0 Å². The zero-order chi connectivity index (χ0) is 27.2. The third kappa shape index (κ3) is 3.32. The lowest BCUT2D eigenvalue weighted by Crippen LogP contribution is -2.49. The van der Waals surface area contributed by atoms with Gasteiger partial charge in [0.05, 0.1) is 31.1 Å². The van der Waals surface area contributed by atoms with E-state index < -0.39 is 35.7 Å². The van der Waals surface area contributed by atoms with Crippen LogP contribution in [-0.2, 0) is 14.4 Å². The Kier molecular flexibility index (Phi) is 5.84. The number of carbonyl (C=O) groups is 3. The highest BCUT2D eigenvalue weighted by molar-refractivity contribution is 8.00. The van der Waals surface area contributed by atoms with Gasteiger partial charge < -0.3 is 24.7 Å². The number of phenols is 1. The average molecular weight is 561 g/mol. The quantitative estimate of drug-likeness (QED) is 0.454. The molecule has 202 valence electrons. The van der Waals surface area contributed by atoms with Crippen LogP contribution in [0.4, 0.5) is 0 Å². The van der Waals surface area contributed by atoms with Crippen LogP contribution in [0.15, 0.2) is 22.0 Å². The molecule has 38 heavy (non-hydrogen) atoms. The number of aromatic amines is 1. The maximum absolute atomic E-state index is 13.8. The standard InChI is InChI=1S/C26H28N2O8S2/c1-8(2)18(25(32)33)28-23(30)16-10-7-11(17(16)24(28)31)20-15(10)14(21-22(37-20)27-26(34)38-21)9-5-12(35-3)19(29)13(6-9)36-4/h5-6,8,10-11,14-18,20,29H,7H2,1-4H3,(H,27,34)(H,32,33). The SMILES string of the molecule is COc1cc(C2c3sc(=O)[nH]c3SC3C4CC(C5C(=O)N(C(C(=O)O)C(C)C)C(=O)C45)C23)cc(OC)c1O. The lowest BCUT2D eigenvalue weighted by atomic mass is 9.68. The Morgan fingerprint density at radius 3 is 2.24 bits per heavy atom. The summed E-state index contributed by atoms with van der Waals surface area (Å²) in [5.74, 6) is -3.85. The summed E-state index contributed by atoms with van der Waals surface area (Å²) in [5, 5.41) is 21.1. The minimum absolute atomic E-state index is 0.0474. The van der Waals surface area contributed by atoms with Gasteiger partial charge >= 0.3 is 10.8 Å². The number of methoxy groups -OCH3 is 2. The number of nitrogens with zero attached hydrogens (tertiary/aromatic N) is 1. The van der Waals surface area contributed by atoms with Gasteiger partial charge in [-0.05, 0) is 47.8 Å². The number of phenolic OH excluding ortho intramolecular Hbond substituents is 1. The van der Waals surface area contributed by atoms with Gasteiger partial charge in [0.2, 0.25) is 17.6 Å². The first-order chi connectivity index (χ1) is 18.1. The van der Waals surface area contributed by atoms with Gasteiger partial charge in [-0.1, -0.05) is 25.2 Å². The molecule has 8 unspecified atom stereocenters. The number of aromatic hydroxyl groups is 1. The topological polar surface area (TPSA) is 146 Å². The molecule has 2 amide bonds. The molecular formula is C26H28N2O8S2. The second kappa shape index (κ2) is 8.77. The molecule has 3 heterocycles. The molecule has 1 saturated heterocycles. The molecule has 2 aliphatic carbocycles. The monoisotopic (exact) mass is 560 g/mol. The van der Waals surface area contributed by atoms with Crippen LogP contribution in [-0.4, -0.2) is 63.4 Å². The van der Waals surface area contributed by atoms with Crippen LogP contribution in [0.5, 0.6) is 17.2 Å². The van der Waals surface area contributed by atoms with Crippen molar-refractivity contribution in [1.82, 2.24) is 9.88 Å². The summed E-state index contributed by atoms with van der Waals surface area (Å²) >= 11 is 2.68. The molecule has 2 saturated carbocycles. The van der Waals surface area contributed by atoms with Crippen molar-refractivity contribution >= 4 is 40.9 Å². The van der Waals surface area contributed by atoms with E-state index in [-0.39, 0.29) is 57.0 Å². The number of fused-ring (bicyclic) bond motifs is 9. The van der Waals surface area contributed by atoms with E-state index in [1.165, 1.54) is 14.2 Å². The molecule has 2 aliphatic heterocycles. The lowest BCUT2D eigenvalue weighted by Gasteiger charge is -2.43. The van der Waals surface area contributed by atoms with Crippen molar-refractivity contribution < 1.29 is 34.1 Å². The fourth-order valence-electron chi connectivity index (χ4n) is 7.47. The summed E-state index contributed by atoms with van der Waals surface area (Å²) in [6, 6.07) is 2.27. The molecule has 6 rings (SSSR count). The smallest absolute Gasteiger partial charge is 0.327 e. The Bertz CT molecular complexity index is 1390. The predicted octanol–water partition coefficient (Wildman–Crippen LogP) is 2.74. The largest absolute Gasteiger partial charge is 0.502 e. The van der Waals surface area contributed by atoms with E-state index in [0.29, 0.717) is 6.42 Å². The number of ether oxygens (including phenoxy) is 2. The van der Waals surface area contributed by atoms with Crippen molar-refractivity contribution in [2.75, 3.05) is 14.2 Å². The number of aliphatic carboxylic acids is 1. The molecule has 10 nitrogen and oxygen atoms in total. The Balaban J connectivity index is 1.47. The molecular weight excluding hydrogens is 532 g/mol. The number of imide groups is 1. The highest BCUT2D eigenvalue weighted by Gasteiger charge is 2.70. The van der Waals surface area contributed by atoms with E-state index in [4.69, 9.17) is 9.47 Å². The molecule has 2 aromatic rings. The Morgan fingerprint density at radius 2 is 1.68 bits per heavy atom. The fraction of sp³-hybridized carbons (Fsp3) is 0.538. The minimum atomic E-state index is -1.20. The second-order valence-electron chi connectivity index (χ2n) is 10.8. The summed E-state index contributed by atoms with van der Waals surface area (Å²) in [6.07, 6.45) is 0.685. The first-order valence-electron chi connectivity index (χ1n) is 12.5. The minimum Gasteiger partial charge on any atom is -0.502 e. The number of aromatic nitrogens is 1. The number of carboxylic acids is 1. The number of thiazole rings is 1. The van der Waals surface area contributed by atoms with E-state index in [0.717, 1.165) is 31.7 Å². The number of hydrogen-bond acceptors (Lipinski definition) is 9.